The van der Waals surface area contributed by atoms with E-state index in [9.17, 15) is 8.42 Å². The smallest absolute Gasteiger partial charge is 0.276 e. The van der Waals surface area contributed by atoms with Crippen molar-refractivity contribution in [1.82, 2.24) is 9.29 Å². The van der Waals surface area contributed by atoms with E-state index in [4.69, 9.17) is 14.1 Å². The molecule has 0 aliphatic heterocycles. The standard InChI is InChI=1S/C18H18N4O4S/c1-21(2)18-14(11-19)20-17(26-18)15-9-10-16(25-15)27(23,24)22(3)12-13-7-5-4-6-8-13/h4-10H,12H2,1-3H3. The molecule has 27 heavy (non-hydrogen) atoms. The van der Waals surface area contributed by atoms with Crippen LogP contribution in [0.4, 0.5) is 5.88 Å². The summed E-state index contributed by atoms with van der Waals surface area (Å²) in [6, 6.07) is 14.0. The van der Waals surface area contributed by atoms with Crippen molar-refractivity contribution < 1.29 is 17.3 Å². The van der Waals surface area contributed by atoms with E-state index in [0.29, 0.717) is 0 Å². The number of nitriles is 1. The number of rotatable bonds is 6. The van der Waals surface area contributed by atoms with Gasteiger partial charge >= 0.3 is 0 Å². The number of anilines is 1. The van der Waals surface area contributed by atoms with Gasteiger partial charge < -0.3 is 13.7 Å². The molecule has 3 rings (SSSR count). The van der Waals surface area contributed by atoms with Crippen LogP contribution in [0.2, 0.25) is 0 Å². The number of benzene rings is 1. The monoisotopic (exact) mass is 386 g/mol. The quantitative estimate of drug-likeness (QED) is 0.641. The molecule has 0 aliphatic rings. The average Bonchev–Trinajstić information content (AvgIpc) is 3.29. The Bertz CT molecular complexity index is 1080. The molecular weight excluding hydrogens is 368 g/mol. The average molecular weight is 386 g/mol. The number of sulfonamides is 1. The molecule has 0 amide bonds. The summed E-state index contributed by atoms with van der Waals surface area (Å²) in [5.41, 5.74) is 0.953. The van der Waals surface area contributed by atoms with Crippen molar-refractivity contribution in [2.75, 3.05) is 26.0 Å². The maximum atomic E-state index is 12.7. The van der Waals surface area contributed by atoms with Crippen LogP contribution in [-0.4, -0.2) is 38.9 Å². The van der Waals surface area contributed by atoms with E-state index >= 15 is 0 Å². The Labute approximate surface area is 157 Å². The van der Waals surface area contributed by atoms with Crippen molar-refractivity contribution >= 4 is 15.9 Å². The highest BCUT2D eigenvalue weighted by Crippen LogP contribution is 2.30. The van der Waals surface area contributed by atoms with Crippen molar-refractivity contribution in [3.05, 3.63) is 53.7 Å². The maximum Gasteiger partial charge on any atom is 0.276 e. The van der Waals surface area contributed by atoms with Crippen LogP contribution in [0.15, 0.2) is 56.4 Å². The van der Waals surface area contributed by atoms with Gasteiger partial charge in [0.25, 0.3) is 15.9 Å². The van der Waals surface area contributed by atoms with Gasteiger partial charge in [-0.2, -0.15) is 14.6 Å². The van der Waals surface area contributed by atoms with Gasteiger partial charge in [0.1, 0.15) is 6.07 Å². The van der Waals surface area contributed by atoms with E-state index in [1.165, 1.54) is 23.5 Å². The first-order valence-electron chi connectivity index (χ1n) is 8.01. The second kappa shape index (κ2) is 7.26. The lowest BCUT2D eigenvalue weighted by Crippen LogP contribution is -2.26. The summed E-state index contributed by atoms with van der Waals surface area (Å²) in [7, 11) is 1.07. The molecular formula is C18H18N4O4S. The third-order valence-electron chi connectivity index (χ3n) is 3.83. The zero-order valence-corrected chi connectivity index (χ0v) is 15.9. The highest BCUT2D eigenvalue weighted by atomic mass is 32.2. The Morgan fingerprint density at radius 3 is 2.37 bits per heavy atom. The minimum atomic E-state index is -3.83. The summed E-state index contributed by atoms with van der Waals surface area (Å²) in [5.74, 6) is 0.447. The van der Waals surface area contributed by atoms with Gasteiger partial charge in [0.2, 0.25) is 16.7 Å². The second-order valence-electron chi connectivity index (χ2n) is 6.04. The van der Waals surface area contributed by atoms with E-state index in [0.717, 1.165) is 5.56 Å². The molecule has 1 aromatic carbocycles. The third-order valence-corrected chi connectivity index (χ3v) is 5.50. The third kappa shape index (κ3) is 3.72. The van der Waals surface area contributed by atoms with Crippen molar-refractivity contribution in [3.63, 3.8) is 0 Å². The van der Waals surface area contributed by atoms with E-state index < -0.39 is 10.0 Å². The van der Waals surface area contributed by atoms with Crippen LogP contribution in [0.5, 0.6) is 0 Å². The Balaban J connectivity index is 1.87. The normalized spacial score (nSPS) is 11.5. The van der Waals surface area contributed by atoms with Crippen LogP contribution in [0, 0.1) is 11.3 Å². The molecule has 0 bridgehead atoms. The summed E-state index contributed by atoms with van der Waals surface area (Å²) < 4.78 is 37.7. The SMILES string of the molecule is CN(C)c1oc(-c2ccc(S(=O)(=O)N(C)Cc3ccccc3)o2)nc1C#N. The van der Waals surface area contributed by atoms with Crippen molar-refractivity contribution in [1.29, 1.82) is 5.26 Å². The van der Waals surface area contributed by atoms with Crippen LogP contribution in [0.1, 0.15) is 11.3 Å². The molecule has 0 unspecified atom stereocenters. The molecule has 0 spiro atoms. The number of furan rings is 1. The highest BCUT2D eigenvalue weighted by molar-refractivity contribution is 7.88. The van der Waals surface area contributed by atoms with Crippen molar-refractivity contribution in [2.45, 2.75) is 11.6 Å². The Hall–Kier alpha value is -3.09. The first-order chi connectivity index (χ1) is 12.8. The fourth-order valence-corrected chi connectivity index (χ4v) is 3.51. The van der Waals surface area contributed by atoms with Crippen molar-refractivity contribution in [2.24, 2.45) is 0 Å². The van der Waals surface area contributed by atoms with Crippen LogP contribution in [0.25, 0.3) is 11.7 Å². The first kappa shape index (κ1) is 18.7. The molecule has 0 radical (unpaired) electrons. The van der Waals surface area contributed by atoms with Gasteiger partial charge in [0.05, 0.1) is 0 Å². The van der Waals surface area contributed by atoms with Crippen LogP contribution < -0.4 is 4.90 Å². The lowest BCUT2D eigenvalue weighted by molar-refractivity contribution is 0.406. The predicted molar refractivity (Wildman–Crippen MR) is 98.3 cm³/mol. The highest BCUT2D eigenvalue weighted by Gasteiger charge is 2.27. The summed E-state index contributed by atoms with van der Waals surface area (Å²) >= 11 is 0. The first-order valence-corrected chi connectivity index (χ1v) is 9.45. The zero-order chi connectivity index (χ0) is 19.6. The maximum absolute atomic E-state index is 12.7. The van der Waals surface area contributed by atoms with E-state index in [1.54, 1.807) is 19.0 Å². The van der Waals surface area contributed by atoms with Gasteiger partial charge in [-0.3, -0.25) is 0 Å². The summed E-state index contributed by atoms with van der Waals surface area (Å²) in [6.07, 6.45) is 0. The number of oxazole rings is 1. The van der Waals surface area contributed by atoms with E-state index in [1.807, 2.05) is 36.4 Å². The van der Waals surface area contributed by atoms with Gasteiger partial charge in [-0.15, -0.1) is 0 Å². The molecule has 2 aromatic heterocycles. The summed E-state index contributed by atoms with van der Waals surface area (Å²) in [5, 5.41) is 8.92. The molecule has 2 heterocycles. The van der Waals surface area contributed by atoms with Gasteiger partial charge in [-0.05, 0) is 17.7 Å². The van der Waals surface area contributed by atoms with Gasteiger partial charge in [-0.25, -0.2) is 8.42 Å². The Morgan fingerprint density at radius 1 is 1.07 bits per heavy atom. The topological polar surface area (TPSA) is 104 Å². The Kier molecular flexibility index (Phi) is 5.03. The molecule has 8 nitrogen and oxygen atoms in total. The molecule has 0 N–H and O–H groups in total. The largest absolute Gasteiger partial charge is 0.438 e. The van der Waals surface area contributed by atoms with Crippen molar-refractivity contribution in [3.8, 4) is 17.7 Å². The zero-order valence-electron chi connectivity index (χ0n) is 15.1. The van der Waals surface area contributed by atoms with E-state index in [2.05, 4.69) is 4.98 Å². The molecule has 9 heteroatoms. The molecule has 0 saturated heterocycles. The van der Waals surface area contributed by atoms with Crippen LogP contribution >= 0.6 is 0 Å². The fourth-order valence-electron chi connectivity index (χ4n) is 2.45. The predicted octanol–water partition coefficient (Wildman–Crippen LogP) is 2.69. The van der Waals surface area contributed by atoms with Gasteiger partial charge in [-0.1, -0.05) is 30.3 Å². The second-order valence-corrected chi connectivity index (χ2v) is 8.02. The number of aromatic nitrogens is 1. The Morgan fingerprint density at radius 2 is 1.78 bits per heavy atom. The summed E-state index contributed by atoms with van der Waals surface area (Å²) in [6.45, 7) is 0.210. The molecule has 0 saturated carbocycles. The molecule has 0 aliphatic carbocycles. The minimum Gasteiger partial charge on any atom is -0.438 e. The number of hydrogen-bond donors (Lipinski definition) is 0. The van der Waals surface area contributed by atoms with Crippen LogP contribution in [0.3, 0.4) is 0 Å². The minimum absolute atomic E-state index is 0.0439. The van der Waals surface area contributed by atoms with Gasteiger partial charge in [0, 0.05) is 27.7 Å². The van der Waals surface area contributed by atoms with Gasteiger partial charge in [0.15, 0.2) is 5.76 Å². The molecule has 0 atom stereocenters. The summed E-state index contributed by atoms with van der Waals surface area (Å²) in [4.78, 5) is 5.66. The lowest BCUT2D eigenvalue weighted by Gasteiger charge is -2.15. The van der Waals surface area contributed by atoms with Crippen LogP contribution in [-0.2, 0) is 16.6 Å². The number of nitrogens with zero attached hydrogens (tertiary/aromatic N) is 4. The lowest BCUT2D eigenvalue weighted by atomic mass is 10.2. The molecule has 140 valence electrons. The number of hydrogen-bond acceptors (Lipinski definition) is 7. The van der Waals surface area contributed by atoms with E-state index in [-0.39, 0.29) is 34.9 Å². The molecule has 0 fully saturated rings. The fraction of sp³-hybridized carbons (Fsp3) is 0.222. The molecule has 3 aromatic rings.